The molecule has 1 aromatic rings. The van der Waals surface area contributed by atoms with Gasteiger partial charge in [0.1, 0.15) is 5.82 Å². The summed E-state index contributed by atoms with van der Waals surface area (Å²) in [5.41, 5.74) is 1.40. The van der Waals surface area contributed by atoms with Crippen LogP contribution in [-0.2, 0) is 5.41 Å². The first-order valence-corrected chi connectivity index (χ1v) is 8.41. The molecule has 20 heavy (non-hydrogen) atoms. The van der Waals surface area contributed by atoms with Crippen molar-refractivity contribution in [2.75, 3.05) is 0 Å². The molecule has 5 aliphatic rings. The average molecular weight is 271 g/mol. The van der Waals surface area contributed by atoms with Crippen LogP contribution in [0.5, 0.6) is 0 Å². The highest BCUT2D eigenvalue weighted by Crippen LogP contribution is 2.69. The quantitative estimate of drug-likeness (QED) is 0.885. The van der Waals surface area contributed by atoms with Crippen LogP contribution in [0.25, 0.3) is 0 Å². The number of H-pyrrole nitrogens is 1. The lowest BCUT2D eigenvalue weighted by molar-refractivity contribution is -0.112. The maximum Gasteiger partial charge on any atom is 0.156 e. The normalized spacial score (nSPS) is 49.8. The standard InChI is InChI=1S/C17H25N3/c1-15-5-11-6-16(2,8-15)10-17(7-11,9-15)14-18-13(19-20-14)12-3-4-12/h11-12H,3-10H2,1-2H3,(H,18,19,20). The zero-order valence-electron chi connectivity index (χ0n) is 12.7. The van der Waals surface area contributed by atoms with Gasteiger partial charge >= 0.3 is 0 Å². The van der Waals surface area contributed by atoms with Crippen molar-refractivity contribution in [2.45, 2.75) is 76.5 Å². The summed E-state index contributed by atoms with van der Waals surface area (Å²) >= 11 is 0. The minimum Gasteiger partial charge on any atom is -0.263 e. The number of rotatable bonds is 2. The molecule has 5 saturated carbocycles. The van der Waals surface area contributed by atoms with Crippen LogP contribution in [0.3, 0.4) is 0 Å². The molecule has 0 saturated heterocycles. The monoisotopic (exact) mass is 271 g/mol. The lowest BCUT2D eigenvalue weighted by Crippen LogP contribution is -2.57. The van der Waals surface area contributed by atoms with Crippen molar-refractivity contribution < 1.29 is 0 Å². The largest absolute Gasteiger partial charge is 0.263 e. The van der Waals surface area contributed by atoms with E-state index in [0.29, 0.717) is 22.2 Å². The van der Waals surface area contributed by atoms with E-state index in [4.69, 9.17) is 10.1 Å². The summed E-state index contributed by atoms with van der Waals surface area (Å²) in [5.74, 6) is 3.95. The van der Waals surface area contributed by atoms with E-state index < -0.39 is 0 Å². The fourth-order valence-corrected chi connectivity index (χ4v) is 6.75. The molecule has 5 fully saturated rings. The number of aromatic nitrogens is 3. The molecule has 2 unspecified atom stereocenters. The summed E-state index contributed by atoms with van der Waals surface area (Å²) in [4.78, 5) is 4.96. The Morgan fingerprint density at radius 1 is 1.00 bits per heavy atom. The van der Waals surface area contributed by atoms with Crippen molar-refractivity contribution in [3.8, 4) is 0 Å². The second kappa shape index (κ2) is 3.31. The summed E-state index contributed by atoms with van der Waals surface area (Å²) in [7, 11) is 0. The molecule has 1 aromatic heterocycles. The number of hydrogen-bond acceptors (Lipinski definition) is 2. The van der Waals surface area contributed by atoms with Crippen LogP contribution in [-0.4, -0.2) is 15.2 Å². The third kappa shape index (κ3) is 1.52. The minimum absolute atomic E-state index is 0.298. The van der Waals surface area contributed by atoms with Gasteiger partial charge in [0.15, 0.2) is 5.82 Å². The third-order valence-electron chi connectivity index (χ3n) is 6.57. The predicted octanol–water partition coefficient (Wildman–Crippen LogP) is 3.93. The van der Waals surface area contributed by atoms with Crippen molar-refractivity contribution in [3.05, 3.63) is 11.6 Å². The van der Waals surface area contributed by atoms with Crippen LogP contribution < -0.4 is 0 Å². The summed E-state index contributed by atoms with van der Waals surface area (Å²) < 4.78 is 0. The van der Waals surface area contributed by atoms with E-state index in [9.17, 15) is 0 Å². The number of aromatic amines is 1. The first-order chi connectivity index (χ1) is 9.48. The highest BCUT2D eigenvalue weighted by atomic mass is 15.2. The Kier molecular flexibility index (Phi) is 1.95. The van der Waals surface area contributed by atoms with Crippen LogP contribution in [0.2, 0.25) is 0 Å². The van der Waals surface area contributed by atoms with Crippen molar-refractivity contribution in [3.63, 3.8) is 0 Å². The second-order valence-corrected chi connectivity index (χ2v) is 9.23. The SMILES string of the molecule is CC12CC3CC(C)(C1)CC(c1n[nH]c(C4CC4)n1)(C3)C2. The lowest BCUT2D eigenvalue weighted by Gasteiger charge is -2.64. The van der Waals surface area contributed by atoms with E-state index in [1.807, 2.05) is 0 Å². The van der Waals surface area contributed by atoms with E-state index in [-0.39, 0.29) is 0 Å². The zero-order valence-corrected chi connectivity index (χ0v) is 12.7. The second-order valence-electron chi connectivity index (χ2n) is 9.23. The molecule has 0 amide bonds. The molecule has 4 bridgehead atoms. The van der Waals surface area contributed by atoms with Gasteiger partial charge in [-0.05, 0) is 68.1 Å². The first kappa shape index (κ1) is 11.8. The Bertz CT molecular complexity index is 553. The molecular weight excluding hydrogens is 246 g/mol. The molecular formula is C17H25N3. The van der Waals surface area contributed by atoms with Gasteiger partial charge < -0.3 is 0 Å². The maximum absolute atomic E-state index is 4.96. The zero-order chi connectivity index (χ0) is 13.6. The molecule has 0 spiro atoms. The summed E-state index contributed by atoms with van der Waals surface area (Å²) in [6.45, 7) is 5.05. The van der Waals surface area contributed by atoms with Gasteiger partial charge in [-0.2, -0.15) is 5.10 Å². The van der Waals surface area contributed by atoms with Crippen LogP contribution in [0.15, 0.2) is 0 Å². The molecule has 1 heterocycles. The minimum atomic E-state index is 0.298. The lowest BCUT2D eigenvalue weighted by atomic mass is 9.40. The molecule has 5 aliphatic carbocycles. The number of nitrogens with zero attached hydrogens (tertiary/aromatic N) is 2. The Morgan fingerprint density at radius 3 is 2.30 bits per heavy atom. The van der Waals surface area contributed by atoms with Crippen LogP contribution in [0, 0.1) is 16.7 Å². The van der Waals surface area contributed by atoms with Gasteiger partial charge in [-0.25, -0.2) is 4.98 Å². The molecule has 0 aromatic carbocycles. The van der Waals surface area contributed by atoms with E-state index in [2.05, 4.69) is 18.9 Å². The topological polar surface area (TPSA) is 41.6 Å². The van der Waals surface area contributed by atoms with Gasteiger partial charge in [-0.1, -0.05) is 13.8 Å². The first-order valence-electron chi connectivity index (χ1n) is 8.41. The fraction of sp³-hybridized carbons (Fsp3) is 0.882. The molecule has 0 radical (unpaired) electrons. The van der Waals surface area contributed by atoms with Crippen LogP contribution in [0.4, 0.5) is 0 Å². The van der Waals surface area contributed by atoms with Gasteiger partial charge in [-0.3, -0.25) is 5.10 Å². The van der Waals surface area contributed by atoms with E-state index in [1.165, 1.54) is 63.0 Å². The van der Waals surface area contributed by atoms with Crippen molar-refractivity contribution in [2.24, 2.45) is 16.7 Å². The molecule has 3 nitrogen and oxygen atoms in total. The molecule has 2 atom stereocenters. The Hall–Kier alpha value is -0.860. The van der Waals surface area contributed by atoms with E-state index in [1.54, 1.807) is 0 Å². The smallest absolute Gasteiger partial charge is 0.156 e. The highest BCUT2D eigenvalue weighted by Gasteiger charge is 2.61. The van der Waals surface area contributed by atoms with Gasteiger partial charge in [0.2, 0.25) is 0 Å². The van der Waals surface area contributed by atoms with Gasteiger partial charge in [-0.15, -0.1) is 0 Å². The van der Waals surface area contributed by atoms with Gasteiger partial charge in [0.05, 0.1) is 0 Å². The molecule has 108 valence electrons. The molecule has 3 heteroatoms. The van der Waals surface area contributed by atoms with E-state index in [0.717, 1.165) is 5.92 Å². The van der Waals surface area contributed by atoms with Crippen LogP contribution in [0.1, 0.15) is 82.8 Å². The fourth-order valence-electron chi connectivity index (χ4n) is 6.75. The Morgan fingerprint density at radius 2 is 1.70 bits per heavy atom. The number of hydrogen-bond donors (Lipinski definition) is 1. The summed E-state index contributed by atoms with van der Waals surface area (Å²) in [6, 6.07) is 0. The maximum atomic E-state index is 4.96. The average Bonchev–Trinajstić information content (AvgIpc) is 3.01. The van der Waals surface area contributed by atoms with E-state index >= 15 is 0 Å². The Balaban J connectivity index is 1.57. The Labute approximate surface area is 120 Å². The molecule has 0 aliphatic heterocycles. The van der Waals surface area contributed by atoms with Crippen molar-refractivity contribution in [1.29, 1.82) is 0 Å². The predicted molar refractivity (Wildman–Crippen MR) is 77.4 cm³/mol. The van der Waals surface area contributed by atoms with Gasteiger partial charge in [0, 0.05) is 11.3 Å². The summed E-state index contributed by atoms with van der Waals surface area (Å²) in [5, 5.41) is 7.95. The third-order valence-corrected chi connectivity index (χ3v) is 6.57. The summed E-state index contributed by atoms with van der Waals surface area (Å²) in [6.07, 6.45) is 10.9. The molecule has 6 rings (SSSR count). The van der Waals surface area contributed by atoms with Crippen molar-refractivity contribution in [1.82, 2.24) is 15.2 Å². The molecule has 1 N–H and O–H groups in total. The van der Waals surface area contributed by atoms with Gasteiger partial charge in [0.25, 0.3) is 0 Å². The number of nitrogens with one attached hydrogen (secondary N) is 1. The van der Waals surface area contributed by atoms with Crippen molar-refractivity contribution >= 4 is 0 Å². The van der Waals surface area contributed by atoms with Crippen LogP contribution >= 0.6 is 0 Å². The highest BCUT2D eigenvalue weighted by molar-refractivity contribution is 5.22.